The Morgan fingerprint density at radius 3 is 1.36 bits per heavy atom. The van der Waals surface area contributed by atoms with Crippen LogP contribution in [0.1, 0.15) is 11.1 Å². The highest BCUT2D eigenvalue weighted by Gasteiger charge is 2.29. The van der Waals surface area contributed by atoms with Gasteiger partial charge in [0.15, 0.2) is 0 Å². The first-order chi connectivity index (χ1) is 11.6. The fraction of sp³-hybridized carbons (Fsp3) is 0.0769. The Labute approximate surface area is 148 Å². The zero-order valence-corrected chi connectivity index (χ0v) is 13.4. The maximum Gasteiger partial charge on any atom is 0.312 e. The summed E-state index contributed by atoms with van der Waals surface area (Å²) in [5.41, 5.74) is -2.73. The maximum absolute atomic E-state index is 10.9. The lowest BCUT2D eigenvalue weighted by Crippen LogP contribution is -1.99. The van der Waals surface area contributed by atoms with Crippen LogP contribution in [0.2, 0.25) is 10.0 Å². The molecule has 0 aliphatic carbocycles. The summed E-state index contributed by atoms with van der Waals surface area (Å²) in [6, 6.07) is 1.41. The van der Waals surface area contributed by atoms with Gasteiger partial charge in [-0.1, -0.05) is 23.2 Å². The van der Waals surface area contributed by atoms with Crippen LogP contribution in [0.4, 0.5) is 11.4 Å². The van der Waals surface area contributed by atoms with Gasteiger partial charge in [0.05, 0.1) is 19.9 Å². The summed E-state index contributed by atoms with van der Waals surface area (Å²) in [6.45, 7) is 0. The number of nitro benzene ring substituents is 2. The van der Waals surface area contributed by atoms with E-state index in [9.17, 15) is 40.7 Å². The predicted molar refractivity (Wildman–Crippen MR) is 85.7 cm³/mol. The highest BCUT2D eigenvalue weighted by Crippen LogP contribution is 2.47. The van der Waals surface area contributed by atoms with Crippen LogP contribution in [-0.4, -0.2) is 30.3 Å². The van der Waals surface area contributed by atoms with E-state index in [1.807, 2.05) is 0 Å². The number of nitro groups is 2. The molecule has 0 atom stereocenters. The fourth-order valence-corrected chi connectivity index (χ4v) is 2.56. The molecule has 10 nitrogen and oxygen atoms in total. The summed E-state index contributed by atoms with van der Waals surface area (Å²) in [5, 5.41) is 60.7. The summed E-state index contributed by atoms with van der Waals surface area (Å²) in [5.74, 6) is -3.47. The topological polar surface area (TPSA) is 167 Å². The lowest BCUT2D eigenvalue weighted by atomic mass is 9.99. The summed E-state index contributed by atoms with van der Waals surface area (Å²) >= 11 is 11.3. The van der Waals surface area contributed by atoms with Gasteiger partial charge in [0.2, 0.25) is 11.5 Å². The van der Waals surface area contributed by atoms with Gasteiger partial charge in [-0.2, -0.15) is 0 Å². The zero-order valence-electron chi connectivity index (χ0n) is 11.9. The number of phenols is 4. The first-order valence-corrected chi connectivity index (χ1v) is 7.07. The minimum atomic E-state index is -0.978. The van der Waals surface area contributed by atoms with Gasteiger partial charge in [0.1, 0.15) is 11.5 Å². The van der Waals surface area contributed by atoms with Crippen molar-refractivity contribution in [3.05, 3.63) is 53.5 Å². The van der Waals surface area contributed by atoms with E-state index in [0.29, 0.717) is 12.1 Å². The van der Waals surface area contributed by atoms with Gasteiger partial charge in [0.25, 0.3) is 0 Å². The molecule has 0 bridgehead atoms. The third-order valence-electron chi connectivity index (χ3n) is 3.35. The predicted octanol–water partition coefficient (Wildman–Crippen LogP) is 3.22. The Morgan fingerprint density at radius 2 is 1.08 bits per heavy atom. The number of halogens is 2. The van der Waals surface area contributed by atoms with Gasteiger partial charge in [0, 0.05) is 29.7 Å². The molecule has 2 aromatic rings. The molecule has 0 radical (unpaired) electrons. The van der Waals surface area contributed by atoms with E-state index in [0.717, 1.165) is 0 Å². The standard InChI is InChI=1S/C13H8Cl2N2O8/c14-6-2-8(16(22)23)12(20)4(10(6)18)1-5-11(19)7(15)3-9(13(5)21)17(24)25/h2-3,18-21H,1H2. The van der Waals surface area contributed by atoms with Gasteiger partial charge in [-0.05, 0) is 0 Å². The third kappa shape index (κ3) is 3.16. The lowest BCUT2D eigenvalue weighted by molar-refractivity contribution is -0.386. The molecule has 0 aliphatic heterocycles. The molecule has 25 heavy (non-hydrogen) atoms. The molecule has 0 saturated heterocycles. The molecule has 2 aromatic carbocycles. The van der Waals surface area contributed by atoms with E-state index < -0.39 is 71.8 Å². The smallest absolute Gasteiger partial charge is 0.312 e. The van der Waals surface area contributed by atoms with E-state index in [1.165, 1.54) is 0 Å². The highest BCUT2D eigenvalue weighted by atomic mass is 35.5. The van der Waals surface area contributed by atoms with Crippen molar-refractivity contribution in [2.45, 2.75) is 6.42 Å². The van der Waals surface area contributed by atoms with Crippen molar-refractivity contribution in [3.8, 4) is 23.0 Å². The van der Waals surface area contributed by atoms with Crippen molar-refractivity contribution in [1.82, 2.24) is 0 Å². The zero-order chi connectivity index (χ0) is 19.0. The van der Waals surface area contributed by atoms with Crippen LogP contribution in [0.25, 0.3) is 0 Å². The first-order valence-electron chi connectivity index (χ1n) is 6.31. The van der Waals surface area contributed by atoms with Crippen LogP contribution < -0.4 is 0 Å². The van der Waals surface area contributed by atoms with Gasteiger partial charge in [-0.15, -0.1) is 0 Å². The minimum absolute atomic E-state index is 0.477. The molecule has 0 fully saturated rings. The molecule has 0 amide bonds. The molecule has 0 unspecified atom stereocenters. The van der Waals surface area contributed by atoms with Crippen molar-refractivity contribution in [2.24, 2.45) is 0 Å². The van der Waals surface area contributed by atoms with Gasteiger partial charge in [-0.25, -0.2) is 0 Å². The molecule has 2 rings (SSSR count). The summed E-state index contributed by atoms with van der Waals surface area (Å²) in [4.78, 5) is 19.9. The number of phenolic OH excluding ortho intramolecular Hbond substituents is 4. The number of nitrogens with zero attached hydrogens (tertiary/aromatic N) is 2. The van der Waals surface area contributed by atoms with E-state index >= 15 is 0 Å². The molecule has 0 aromatic heterocycles. The van der Waals surface area contributed by atoms with Crippen molar-refractivity contribution in [1.29, 1.82) is 0 Å². The summed E-state index contributed by atoms with van der Waals surface area (Å²) in [7, 11) is 0. The largest absolute Gasteiger partial charge is 0.506 e. The van der Waals surface area contributed by atoms with Crippen LogP contribution in [-0.2, 0) is 6.42 Å². The van der Waals surface area contributed by atoms with Crippen LogP contribution >= 0.6 is 23.2 Å². The third-order valence-corrected chi connectivity index (χ3v) is 3.93. The summed E-state index contributed by atoms with van der Waals surface area (Å²) < 4.78 is 0. The molecule has 0 spiro atoms. The average molecular weight is 391 g/mol. The molecule has 0 heterocycles. The average Bonchev–Trinajstić information content (AvgIpc) is 2.53. The Kier molecular flexibility index (Phi) is 4.77. The number of rotatable bonds is 4. The number of hydrogen-bond acceptors (Lipinski definition) is 8. The Balaban J connectivity index is 2.73. The minimum Gasteiger partial charge on any atom is -0.506 e. The summed E-state index contributed by atoms with van der Waals surface area (Å²) in [6.07, 6.45) is -0.724. The van der Waals surface area contributed by atoms with E-state index in [4.69, 9.17) is 23.2 Å². The Morgan fingerprint density at radius 1 is 0.760 bits per heavy atom. The lowest BCUT2D eigenvalue weighted by Gasteiger charge is -2.12. The quantitative estimate of drug-likeness (QED) is 0.455. The Hall–Kier alpha value is -2.98. The molecule has 132 valence electrons. The number of hydrogen-bond donors (Lipinski definition) is 4. The molecule has 0 aliphatic rings. The van der Waals surface area contributed by atoms with Crippen LogP contribution in [0, 0.1) is 20.2 Å². The monoisotopic (exact) mass is 390 g/mol. The Bertz CT molecular complexity index is 842. The molecule has 4 N–H and O–H groups in total. The highest BCUT2D eigenvalue weighted by molar-refractivity contribution is 6.33. The number of aromatic hydroxyl groups is 4. The fourth-order valence-electron chi connectivity index (χ4n) is 2.13. The van der Waals surface area contributed by atoms with Crippen molar-refractivity contribution in [3.63, 3.8) is 0 Å². The normalized spacial score (nSPS) is 10.6. The van der Waals surface area contributed by atoms with E-state index in [2.05, 4.69) is 0 Å². The first kappa shape index (κ1) is 18.4. The molecule has 12 heteroatoms. The van der Waals surface area contributed by atoms with Crippen LogP contribution in [0.15, 0.2) is 12.1 Å². The van der Waals surface area contributed by atoms with E-state index in [1.54, 1.807) is 0 Å². The SMILES string of the molecule is O=[N+]([O-])c1cc(Cl)c(O)c(Cc2c(O)c(Cl)cc([N+](=O)[O-])c2O)c1O. The van der Waals surface area contributed by atoms with Crippen LogP contribution in [0.3, 0.4) is 0 Å². The second-order valence-corrected chi connectivity index (χ2v) is 5.61. The second kappa shape index (κ2) is 6.49. The van der Waals surface area contributed by atoms with E-state index in [-0.39, 0.29) is 0 Å². The second-order valence-electron chi connectivity index (χ2n) is 4.80. The molecular weight excluding hydrogens is 383 g/mol. The van der Waals surface area contributed by atoms with Gasteiger partial charge >= 0.3 is 11.4 Å². The van der Waals surface area contributed by atoms with Crippen LogP contribution in [0.5, 0.6) is 23.0 Å². The van der Waals surface area contributed by atoms with Crippen molar-refractivity contribution < 1.29 is 30.3 Å². The van der Waals surface area contributed by atoms with Crippen molar-refractivity contribution >= 4 is 34.6 Å². The maximum atomic E-state index is 10.9. The van der Waals surface area contributed by atoms with Gasteiger partial charge < -0.3 is 20.4 Å². The number of benzene rings is 2. The van der Waals surface area contributed by atoms with Crippen molar-refractivity contribution in [2.75, 3.05) is 0 Å². The molecule has 0 saturated carbocycles. The molecular formula is C13H8Cl2N2O8. The van der Waals surface area contributed by atoms with Gasteiger partial charge in [-0.3, -0.25) is 20.2 Å².